The number of halogens is 1. The van der Waals surface area contributed by atoms with E-state index in [0.717, 1.165) is 24.1 Å². The van der Waals surface area contributed by atoms with Gasteiger partial charge in [0.25, 0.3) is 5.56 Å². The number of nitrogens with zero attached hydrogens (tertiary/aromatic N) is 2. The number of hydrogen-bond acceptors (Lipinski definition) is 3. The second kappa shape index (κ2) is 7.22. The van der Waals surface area contributed by atoms with E-state index in [2.05, 4.69) is 10.3 Å². The number of anilines is 1. The summed E-state index contributed by atoms with van der Waals surface area (Å²) in [6.07, 6.45) is 3.09. The third-order valence-corrected chi connectivity index (χ3v) is 3.47. The molecule has 1 aromatic carbocycles. The third-order valence-electron chi connectivity index (χ3n) is 3.23. The largest absolute Gasteiger partial charge is 0.324 e. The van der Waals surface area contributed by atoms with Gasteiger partial charge < -0.3 is 5.32 Å². The van der Waals surface area contributed by atoms with Crippen LogP contribution < -0.4 is 10.9 Å². The minimum Gasteiger partial charge on any atom is -0.324 e. The molecule has 0 saturated carbocycles. The highest BCUT2D eigenvalue weighted by atomic mass is 35.5. The summed E-state index contributed by atoms with van der Waals surface area (Å²) in [4.78, 5) is 28.2. The van der Waals surface area contributed by atoms with Crippen LogP contribution in [0.15, 0.2) is 35.4 Å². The fourth-order valence-electron chi connectivity index (χ4n) is 2.05. The summed E-state index contributed by atoms with van der Waals surface area (Å²) in [5, 5.41) is 3.30. The minimum absolute atomic E-state index is 0.0792. The first kappa shape index (κ1) is 16.2. The second-order valence-corrected chi connectivity index (χ2v) is 5.54. The van der Waals surface area contributed by atoms with Crippen molar-refractivity contribution < 1.29 is 4.79 Å². The molecule has 1 aromatic heterocycles. The van der Waals surface area contributed by atoms with Crippen LogP contribution in [0.25, 0.3) is 0 Å². The van der Waals surface area contributed by atoms with Gasteiger partial charge in [0.05, 0.1) is 6.33 Å². The molecule has 2 aromatic rings. The lowest BCUT2D eigenvalue weighted by molar-refractivity contribution is -0.116. The maximum atomic E-state index is 12.1. The molecule has 1 N–H and O–H groups in total. The minimum atomic E-state index is -0.294. The van der Waals surface area contributed by atoms with Crippen molar-refractivity contribution in [2.75, 3.05) is 5.32 Å². The lowest BCUT2D eigenvalue weighted by Gasteiger charge is -2.10. The number of carbonyl (C=O) groups excluding carboxylic acids is 1. The standard InChI is InChI=1S/C16H18ClN3O2/c1-3-4-13-8-16(22)20(10-18-13)9-15(21)19-14-7-12(17)6-5-11(14)2/h5-8,10H,3-4,9H2,1-2H3,(H,19,21). The van der Waals surface area contributed by atoms with Crippen LogP contribution in [0.1, 0.15) is 24.6 Å². The van der Waals surface area contributed by atoms with Crippen molar-refractivity contribution in [3.05, 3.63) is 57.2 Å². The summed E-state index contributed by atoms with van der Waals surface area (Å²) >= 11 is 5.92. The maximum Gasteiger partial charge on any atom is 0.253 e. The predicted molar refractivity (Wildman–Crippen MR) is 87.3 cm³/mol. The Morgan fingerprint density at radius 2 is 2.14 bits per heavy atom. The van der Waals surface area contributed by atoms with Gasteiger partial charge in [-0.15, -0.1) is 0 Å². The van der Waals surface area contributed by atoms with Crippen molar-refractivity contribution in [1.82, 2.24) is 9.55 Å². The molecule has 0 saturated heterocycles. The molecule has 116 valence electrons. The van der Waals surface area contributed by atoms with Gasteiger partial charge in [-0.3, -0.25) is 14.2 Å². The van der Waals surface area contributed by atoms with Crippen molar-refractivity contribution in [1.29, 1.82) is 0 Å². The zero-order valence-corrected chi connectivity index (χ0v) is 13.4. The van der Waals surface area contributed by atoms with Crippen molar-refractivity contribution in [3.63, 3.8) is 0 Å². The normalized spacial score (nSPS) is 10.5. The smallest absolute Gasteiger partial charge is 0.253 e. The average molecular weight is 320 g/mol. The Morgan fingerprint density at radius 1 is 1.36 bits per heavy atom. The lowest BCUT2D eigenvalue weighted by atomic mass is 10.2. The van der Waals surface area contributed by atoms with E-state index < -0.39 is 0 Å². The lowest BCUT2D eigenvalue weighted by Crippen LogP contribution is -2.28. The van der Waals surface area contributed by atoms with E-state index in [-0.39, 0.29) is 18.0 Å². The number of hydrogen-bond donors (Lipinski definition) is 1. The first-order chi connectivity index (χ1) is 10.5. The summed E-state index contributed by atoms with van der Waals surface area (Å²) in [5.74, 6) is -0.294. The van der Waals surface area contributed by atoms with Crippen LogP contribution in [-0.4, -0.2) is 15.5 Å². The number of nitrogens with one attached hydrogen (secondary N) is 1. The summed E-state index contributed by atoms with van der Waals surface area (Å²) in [6, 6.07) is 6.74. The monoisotopic (exact) mass is 319 g/mol. The molecule has 1 heterocycles. The molecule has 0 unspecified atom stereocenters. The number of benzene rings is 1. The van der Waals surface area contributed by atoms with Crippen LogP contribution in [0.2, 0.25) is 5.02 Å². The zero-order chi connectivity index (χ0) is 16.1. The van der Waals surface area contributed by atoms with Gasteiger partial charge in [0.2, 0.25) is 5.91 Å². The zero-order valence-electron chi connectivity index (χ0n) is 12.6. The summed E-state index contributed by atoms with van der Waals surface area (Å²) in [7, 11) is 0. The van der Waals surface area contributed by atoms with Crippen LogP contribution in [0.3, 0.4) is 0 Å². The maximum absolute atomic E-state index is 12.1. The molecule has 22 heavy (non-hydrogen) atoms. The van der Waals surface area contributed by atoms with Crippen molar-refractivity contribution in [2.45, 2.75) is 33.2 Å². The van der Waals surface area contributed by atoms with E-state index in [1.807, 2.05) is 19.9 Å². The topological polar surface area (TPSA) is 64.0 Å². The van der Waals surface area contributed by atoms with Crippen molar-refractivity contribution >= 4 is 23.2 Å². The molecule has 0 spiro atoms. The van der Waals surface area contributed by atoms with E-state index in [1.165, 1.54) is 17.0 Å². The van der Waals surface area contributed by atoms with Gasteiger partial charge in [-0.25, -0.2) is 4.98 Å². The molecule has 0 aliphatic rings. The summed E-state index contributed by atoms with van der Waals surface area (Å²) < 4.78 is 1.29. The Labute approximate surface area is 134 Å². The Bertz CT molecular complexity index is 740. The van der Waals surface area contributed by atoms with Crippen LogP contribution in [0.4, 0.5) is 5.69 Å². The molecule has 0 bridgehead atoms. The highest BCUT2D eigenvalue weighted by Gasteiger charge is 2.08. The van der Waals surface area contributed by atoms with Crippen molar-refractivity contribution in [2.24, 2.45) is 0 Å². The molecular weight excluding hydrogens is 302 g/mol. The first-order valence-electron chi connectivity index (χ1n) is 7.11. The van der Waals surface area contributed by atoms with Crippen LogP contribution >= 0.6 is 11.6 Å². The molecule has 0 radical (unpaired) electrons. The molecule has 1 amide bonds. The van der Waals surface area contributed by atoms with Gasteiger partial charge in [0, 0.05) is 22.5 Å². The van der Waals surface area contributed by atoms with Gasteiger partial charge in [0.15, 0.2) is 0 Å². The fraction of sp³-hybridized carbons (Fsp3) is 0.312. The number of aryl methyl sites for hydroxylation is 2. The average Bonchev–Trinajstić information content (AvgIpc) is 2.46. The Hall–Kier alpha value is -2.14. The van der Waals surface area contributed by atoms with E-state index in [9.17, 15) is 9.59 Å². The molecule has 0 aliphatic carbocycles. The first-order valence-corrected chi connectivity index (χ1v) is 7.48. The van der Waals surface area contributed by atoms with Crippen LogP contribution in [0, 0.1) is 6.92 Å². The highest BCUT2D eigenvalue weighted by molar-refractivity contribution is 6.31. The van der Waals surface area contributed by atoms with Crippen LogP contribution in [-0.2, 0) is 17.8 Å². The molecule has 0 aliphatic heterocycles. The van der Waals surface area contributed by atoms with E-state index in [1.54, 1.807) is 12.1 Å². The molecule has 2 rings (SSSR count). The summed E-state index contributed by atoms with van der Waals surface area (Å²) in [6.45, 7) is 3.82. The number of aromatic nitrogens is 2. The van der Waals surface area contributed by atoms with Gasteiger partial charge in [-0.05, 0) is 31.0 Å². The number of amides is 1. The molecule has 6 heteroatoms. The number of rotatable bonds is 5. The number of carbonyl (C=O) groups is 1. The Balaban J connectivity index is 2.09. The van der Waals surface area contributed by atoms with E-state index >= 15 is 0 Å². The van der Waals surface area contributed by atoms with Crippen molar-refractivity contribution in [3.8, 4) is 0 Å². The highest BCUT2D eigenvalue weighted by Crippen LogP contribution is 2.20. The molecule has 0 atom stereocenters. The quantitative estimate of drug-likeness (QED) is 0.921. The molecule has 5 nitrogen and oxygen atoms in total. The van der Waals surface area contributed by atoms with Gasteiger partial charge >= 0.3 is 0 Å². The fourth-order valence-corrected chi connectivity index (χ4v) is 2.22. The van der Waals surface area contributed by atoms with Gasteiger partial charge in [0.1, 0.15) is 6.54 Å². The van der Waals surface area contributed by atoms with E-state index in [0.29, 0.717) is 10.7 Å². The second-order valence-electron chi connectivity index (χ2n) is 5.10. The molecular formula is C16H18ClN3O2. The third kappa shape index (κ3) is 4.18. The van der Waals surface area contributed by atoms with Gasteiger partial charge in [-0.1, -0.05) is 31.0 Å². The SMILES string of the molecule is CCCc1cc(=O)n(CC(=O)Nc2cc(Cl)ccc2C)cn1. The van der Waals surface area contributed by atoms with Crippen LogP contribution in [0.5, 0.6) is 0 Å². The predicted octanol–water partition coefficient (Wildman–Crippen LogP) is 2.80. The van der Waals surface area contributed by atoms with E-state index in [4.69, 9.17) is 11.6 Å². The Kier molecular flexibility index (Phi) is 5.33. The Morgan fingerprint density at radius 3 is 2.82 bits per heavy atom. The summed E-state index contributed by atoms with van der Waals surface area (Å²) in [5.41, 5.74) is 2.06. The van der Waals surface area contributed by atoms with Gasteiger partial charge in [-0.2, -0.15) is 0 Å². The molecule has 0 fully saturated rings.